The van der Waals surface area contributed by atoms with Crippen molar-refractivity contribution in [3.8, 4) is 0 Å². The molecule has 8 heteroatoms. The third-order valence-corrected chi connectivity index (χ3v) is 2.87. The van der Waals surface area contributed by atoms with E-state index in [1.165, 1.54) is 19.2 Å². The summed E-state index contributed by atoms with van der Waals surface area (Å²) in [6, 6.07) is 4.02. The van der Waals surface area contributed by atoms with Crippen LogP contribution in [0.2, 0.25) is 0 Å². The normalized spacial score (nSPS) is 13.3. The van der Waals surface area contributed by atoms with Gasteiger partial charge in [0.2, 0.25) is 0 Å². The minimum atomic E-state index is -1.42. The van der Waals surface area contributed by atoms with Gasteiger partial charge in [0, 0.05) is 13.1 Å². The van der Waals surface area contributed by atoms with Crippen LogP contribution in [0.5, 0.6) is 0 Å². The molecule has 0 aromatic heterocycles. The lowest BCUT2D eigenvalue weighted by molar-refractivity contribution is -0.384. The number of aliphatic hydroxyl groups is 2. The summed E-state index contributed by atoms with van der Waals surface area (Å²) in [5.41, 5.74) is 0.214. The molecule has 0 bridgehead atoms. The summed E-state index contributed by atoms with van der Waals surface area (Å²) in [7, 11) is 1.54. The van der Waals surface area contributed by atoms with Gasteiger partial charge in [-0.1, -0.05) is 6.07 Å². The largest absolute Gasteiger partial charge is 0.466 e. The number of esters is 1. The number of aliphatic hydroxyl groups excluding tert-OH is 2. The van der Waals surface area contributed by atoms with E-state index in [9.17, 15) is 25.1 Å². The predicted octanol–water partition coefficient (Wildman–Crippen LogP) is 0.984. The van der Waals surface area contributed by atoms with E-state index in [0.717, 1.165) is 6.07 Å². The maximum Gasteiger partial charge on any atom is 0.308 e. The third-order valence-electron chi connectivity index (χ3n) is 2.87. The lowest BCUT2D eigenvalue weighted by Crippen LogP contribution is -2.23. The Labute approximate surface area is 121 Å². The Bertz CT molecular complexity index is 519. The van der Waals surface area contributed by atoms with Crippen LogP contribution in [-0.2, 0) is 9.53 Å². The van der Waals surface area contributed by atoms with Crippen molar-refractivity contribution in [3.63, 3.8) is 0 Å². The van der Waals surface area contributed by atoms with Crippen LogP contribution in [0.15, 0.2) is 18.2 Å². The number of nitro groups is 1. The highest BCUT2D eigenvalue weighted by atomic mass is 16.6. The quantitative estimate of drug-likeness (QED) is 0.389. The van der Waals surface area contributed by atoms with Crippen molar-refractivity contribution in [3.05, 3.63) is 33.9 Å². The van der Waals surface area contributed by atoms with Gasteiger partial charge in [-0.3, -0.25) is 14.9 Å². The predicted molar refractivity (Wildman–Crippen MR) is 74.9 cm³/mol. The van der Waals surface area contributed by atoms with Gasteiger partial charge in [-0.2, -0.15) is 0 Å². The zero-order valence-electron chi connectivity index (χ0n) is 11.8. The Morgan fingerprint density at radius 3 is 2.67 bits per heavy atom. The van der Waals surface area contributed by atoms with E-state index in [-0.39, 0.29) is 23.5 Å². The van der Waals surface area contributed by atoms with Crippen LogP contribution in [0.3, 0.4) is 0 Å². The fourth-order valence-electron chi connectivity index (χ4n) is 1.82. The summed E-state index contributed by atoms with van der Waals surface area (Å²) < 4.78 is 4.67. The SMILES string of the molecule is CCOC(=O)CC(O)C(O)c1ccc(NC)c([N+](=O)[O-])c1. The van der Waals surface area contributed by atoms with Crippen molar-refractivity contribution < 1.29 is 24.7 Å². The number of nitro benzene ring substituents is 1. The Morgan fingerprint density at radius 1 is 1.48 bits per heavy atom. The number of carbonyl (C=O) groups is 1. The molecule has 3 N–H and O–H groups in total. The lowest BCUT2D eigenvalue weighted by atomic mass is 10.0. The Balaban J connectivity index is 2.91. The van der Waals surface area contributed by atoms with E-state index in [4.69, 9.17) is 0 Å². The maximum absolute atomic E-state index is 11.3. The summed E-state index contributed by atoms with van der Waals surface area (Å²) in [5.74, 6) is -0.648. The molecule has 0 fully saturated rings. The van der Waals surface area contributed by atoms with Crippen molar-refractivity contribution in [2.75, 3.05) is 19.0 Å². The minimum Gasteiger partial charge on any atom is -0.466 e. The lowest BCUT2D eigenvalue weighted by Gasteiger charge is -2.17. The molecule has 116 valence electrons. The van der Waals surface area contributed by atoms with Gasteiger partial charge in [0.1, 0.15) is 11.8 Å². The van der Waals surface area contributed by atoms with Gasteiger partial charge in [0.05, 0.1) is 24.1 Å². The first-order valence-electron chi connectivity index (χ1n) is 6.38. The van der Waals surface area contributed by atoms with Crippen molar-refractivity contribution in [1.82, 2.24) is 0 Å². The molecule has 0 aliphatic heterocycles. The summed E-state index contributed by atoms with van der Waals surface area (Å²) in [6.07, 6.45) is -3.21. The second-order valence-corrected chi connectivity index (χ2v) is 4.31. The molecule has 1 aromatic rings. The van der Waals surface area contributed by atoms with E-state index < -0.39 is 29.5 Å². The Kier molecular flexibility index (Phi) is 6.07. The van der Waals surface area contributed by atoms with Gasteiger partial charge in [-0.25, -0.2) is 0 Å². The topological polar surface area (TPSA) is 122 Å². The first-order chi connectivity index (χ1) is 9.90. The average molecular weight is 298 g/mol. The zero-order valence-corrected chi connectivity index (χ0v) is 11.8. The third kappa shape index (κ3) is 4.40. The summed E-state index contributed by atoms with van der Waals surface area (Å²) in [5, 5.41) is 33.4. The molecule has 0 spiro atoms. The van der Waals surface area contributed by atoms with Crippen LogP contribution in [-0.4, -0.2) is 40.9 Å². The summed E-state index contributed by atoms with van der Waals surface area (Å²) >= 11 is 0. The van der Waals surface area contributed by atoms with E-state index in [0.29, 0.717) is 0 Å². The van der Waals surface area contributed by atoms with E-state index in [1.807, 2.05) is 0 Å². The van der Waals surface area contributed by atoms with Crippen molar-refractivity contribution in [2.24, 2.45) is 0 Å². The molecule has 21 heavy (non-hydrogen) atoms. The fraction of sp³-hybridized carbons (Fsp3) is 0.462. The highest BCUT2D eigenvalue weighted by molar-refractivity contribution is 5.70. The molecule has 0 heterocycles. The summed E-state index contributed by atoms with van der Waals surface area (Å²) in [6.45, 7) is 1.80. The van der Waals surface area contributed by atoms with E-state index in [2.05, 4.69) is 10.1 Å². The number of benzene rings is 1. The van der Waals surface area contributed by atoms with Crippen LogP contribution in [0.1, 0.15) is 25.0 Å². The van der Waals surface area contributed by atoms with Gasteiger partial charge in [0.25, 0.3) is 5.69 Å². The van der Waals surface area contributed by atoms with Gasteiger partial charge < -0.3 is 20.3 Å². The standard InChI is InChI=1S/C13H18N2O6/c1-3-21-12(17)7-11(16)13(18)8-4-5-9(14-2)10(6-8)15(19)20/h4-6,11,13-14,16,18H,3,7H2,1-2H3. The molecule has 1 rings (SSSR count). The number of carbonyl (C=O) groups excluding carboxylic acids is 1. The molecule has 0 aliphatic carbocycles. The molecule has 0 radical (unpaired) electrons. The first kappa shape index (κ1) is 16.9. The highest BCUT2D eigenvalue weighted by Crippen LogP contribution is 2.29. The molecule has 0 saturated heterocycles. The minimum absolute atomic E-state index is 0.150. The van der Waals surface area contributed by atoms with Crippen LogP contribution in [0, 0.1) is 10.1 Å². The van der Waals surface area contributed by atoms with Gasteiger partial charge in [-0.15, -0.1) is 0 Å². The fourth-order valence-corrected chi connectivity index (χ4v) is 1.82. The summed E-state index contributed by atoms with van der Waals surface area (Å²) in [4.78, 5) is 21.6. The van der Waals surface area contributed by atoms with Crippen LogP contribution < -0.4 is 5.32 Å². The molecule has 0 aliphatic rings. The number of anilines is 1. The first-order valence-corrected chi connectivity index (χ1v) is 6.38. The maximum atomic E-state index is 11.3. The van der Waals surface area contributed by atoms with Gasteiger partial charge in [-0.05, 0) is 18.6 Å². The number of nitrogens with one attached hydrogen (secondary N) is 1. The molecular formula is C13H18N2O6. The number of hydrogen-bond donors (Lipinski definition) is 3. The zero-order chi connectivity index (χ0) is 16.0. The number of nitrogens with zero attached hydrogens (tertiary/aromatic N) is 1. The van der Waals surface area contributed by atoms with Gasteiger partial charge >= 0.3 is 5.97 Å². The van der Waals surface area contributed by atoms with Crippen molar-refractivity contribution in [1.29, 1.82) is 0 Å². The average Bonchev–Trinajstić information content (AvgIpc) is 2.45. The Morgan fingerprint density at radius 2 is 2.14 bits per heavy atom. The molecule has 0 amide bonds. The van der Waals surface area contributed by atoms with Crippen LogP contribution >= 0.6 is 0 Å². The second kappa shape index (κ2) is 7.55. The molecule has 2 unspecified atom stereocenters. The van der Waals surface area contributed by atoms with Gasteiger partial charge in [0.15, 0.2) is 0 Å². The number of ether oxygens (including phenoxy) is 1. The molecule has 1 aromatic carbocycles. The second-order valence-electron chi connectivity index (χ2n) is 4.31. The molecule has 0 saturated carbocycles. The molecule has 8 nitrogen and oxygen atoms in total. The van der Waals surface area contributed by atoms with Crippen molar-refractivity contribution >= 4 is 17.3 Å². The Hall–Kier alpha value is -2.19. The number of rotatable bonds is 7. The van der Waals surface area contributed by atoms with Crippen LogP contribution in [0.25, 0.3) is 0 Å². The number of hydrogen-bond acceptors (Lipinski definition) is 7. The monoisotopic (exact) mass is 298 g/mol. The van der Waals surface area contributed by atoms with E-state index in [1.54, 1.807) is 6.92 Å². The van der Waals surface area contributed by atoms with Crippen molar-refractivity contribution in [2.45, 2.75) is 25.6 Å². The molecular weight excluding hydrogens is 280 g/mol. The molecule has 2 atom stereocenters. The van der Waals surface area contributed by atoms with E-state index >= 15 is 0 Å². The smallest absolute Gasteiger partial charge is 0.308 e. The van der Waals surface area contributed by atoms with Crippen LogP contribution in [0.4, 0.5) is 11.4 Å². The highest BCUT2D eigenvalue weighted by Gasteiger charge is 2.24.